The summed E-state index contributed by atoms with van der Waals surface area (Å²) in [5.41, 5.74) is 0.427. The average Bonchev–Trinajstić information content (AvgIpc) is 2.26. The molecular formula is C11H10ClNO4. The minimum Gasteiger partial charge on any atom is -0.454 e. The molecule has 0 bridgehead atoms. The van der Waals surface area contributed by atoms with E-state index in [1.165, 1.54) is 13.0 Å². The highest BCUT2D eigenvalue weighted by molar-refractivity contribution is 6.30. The van der Waals surface area contributed by atoms with E-state index < -0.39 is 10.9 Å². The second kappa shape index (κ2) is 6.00. The zero-order valence-corrected chi connectivity index (χ0v) is 9.81. The summed E-state index contributed by atoms with van der Waals surface area (Å²) in [6.07, 6.45) is 1.33. The van der Waals surface area contributed by atoms with E-state index >= 15 is 0 Å². The lowest BCUT2D eigenvalue weighted by Crippen LogP contribution is -2.09. The lowest BCUT2D eigenvalue weighted by Gasteiger charge is -2.00. The zero-order chi connectivity index (χ0) is 12.8. The largest absolute Gasteiger partial charge is 0.454 e. The molecule has 0 aliphatic heterocycles. The van der Waals surface area contributed by atoms with Gasteiger partial charge >= 0.3 is 5.97 Å². The molecule has 0 fully saturated rings. The van der Waals surface area contributed by atoms with Crippen molar-refractivity contribution in [2.24, 2.45) is 0 Å². The Bertz CT molecular complexity index is 453. The van der Waals surface area contributed by atoms with Crippen LogP contribution in [0.4, 0.5) is 0 Å². The smallest absolute Gasteiger partial charge is 0.303 e. The minimum atomic E-state index is -0.586. The maximum absolute atomic E-state index is 10.7. The number of rotatable bonds is 4. The van der Waals surface area contributed by atoms with Gasteiger partial charge in [-0.15, -0.1) is 0 Å². The number of benzene rings is 1. The van der Waals surface area contributed by atoms with Crippen molar-refractivity contribution in [3.05, 3.63) is 50.7 Å². The van der Waals surface area contributed by atoms with Crippen molar-refractivity contribution < 1.29 is 14.5 Å². The fraction of sp³-hybridized carbons (Fsp3) is 0.182. The van der Waals surface area contributed by atoms with Crippen LogP contribution in [-0.2, 0) is 9.53 Å². The van der Waals surface area contributed by atoms with Crippen LogP contribution in [-0.4, -0.2) is 17.5 Å². The Morgan fingerprint density at radius 1 is 1.47 bits per heavy atom. The maximum Gasteiger partial charge on any atom is 0.303 e. The quantitative estimate of drug-likeness (QED) is 0.471. The lowest BCUT2D eigenvalue weighted by molar-refractivity contribution is -0.428. The van der Waals surface area contributed by atoms with Crippen LogP contribution in [0.2, 0.25) is 5.02 Å². The van der Waals surface area contributed by atoms with Gasteiger partial charge in [0.15, 0.2) is 6.61 Å². The summed E-state index contributed by atoms with van der Waals surface area (Å²) in [6.45, 7) is 0.838. The molecule has 17 heavy (non-hydrogen) atoms. The van der Waals surface area contributed by atoms with Crippen LogP contribution >= 0.6 is 11.6 Å². The van der Waals surface area contributed by atoms with Crippen molar-refractivity contribution in [1.82, 2.24) is 0 Å². The highest BCUT2D eigenvalue weighted by Crippen LogP contribution is 2.13. The molecule has 1 aromatic rings. The van der Waals surface area contributed by atoms with Gasteiger partial charge in [-0.25, -0.2) is 0 Å². The van der Waals surface area contributed by atoms with Gasteiger partial charge in [-0.1, -0.05) is 23.7 Å². The molecule has 1 rings (SSSR count). The van der Waals surface area contributed by atoms with Crippen molar-refractivity contribution in [2.75, 3.05) is 6.61 Å². The molecule has 0 aliphatic carbocycles. The molecule has 0 amide bonds. The minimum absolute atomic E-state index is 0.192. The second-order valence-electron chi connectivity index (χ2n) is 3.22. The Labute approximate surface area is 103 Å². The third kappa shape index (κ3) is 4.65. The van der Waals surface area contributed by atoms with E-state index in [0.717, 1.165) is 0 Å². The van der Waals surface area contributed by atoms with E-state index in [0.29, 0.717) is 10.6 Å². The Morgan fingerprint density at radius 3 is 2.53 bits per heavy atom. The van der Waals surface area contributed by atoms with Crippen molar-refractivity contribution in [3.8, 4) is 0 Å². The van der Waals surface area contributed by atoms with Gasteiger partial charge < -0.3 is 4.74 Å². The third-order valence-electron chi connectivity index (χ3n) is 1.86. The van der Waals surface area contributed by atoms with E-state index in [9.17, 15) is 14.9 Å². The van der Waals surface area contributed by atoms with Crippen molar-refractivity contribution in [2.45, 2.75) is 6.92 Å². The predicted octanol–water partition coefficient (Wildman–Crippen LogP) is 2.52. The molecule has 6 heteroatoms. The molecule has 5 nitrogen and oxygen atoms in total. The molecule has 0 saturated carbocycles. The monoisotopic (exact) mass is 255 g/mol. The molecule has 0 unspecified atom stereocenters. The van der Waals surface area contributed by atoms with E-state index in [1.807, 2.05) is 0 Å². The van der Waals surface area contributed by atoms with Crippen LogP contribution in [0.3, 0.4) is 0 Å². The maximum atomic E-state index is 10.7. The SMILES string of the molecule is CC(=O)OC/C(=C/c1ccc(Cl)cc1)[N+](=O)[O-]. The van der Waals surface area contributed by atoms with E-state index in [4.69, 9.17) is 11.6 Å². The van der Waals surface area contributed by atoms with E-state index in [1.54, 1.807) is 24.3 Å². The number of hydrogen-bond donors (Lipinski definition) is 0. The van der Waals surface area contributed by atoms with Gasteiger partial charge in [0.2, 0.25) is 0 Å². The Balaban J connectivity index is 2.86. The third-order valence-corrected chi connectivity index (χ3v) is 2.11. The number of esters is 1. The molecule has 90 valence electrons. The fourth-order valence-corrected chi connectivity index (χ4v) is 1.20. The first-order valence-corrected chi connectivity index (χ1v) is 5.10. The number of carbonyl (C=O) groups is 1. The average molecular weight is 256 g/mol. The molecule has 0 aromatic heterocycles. The number of hydrogen-bond acceptors (Lipinski definition) is 4. The first-order chi connectivity index (χ1) is 7.99. The van der Waals surface area contributed by atoms with Crippen LogP contribution in [0.1, 0.15) is 12.5 Å². The fourth-order valence-electron chi connectivity index (χ4n) is 1.07. The van der Waals surface area contributed by atoms with E-state index in [2.05, 4.69) is 4.74 Å². The molecule has 0 atom stereocenters. The number of halogens is 1. The highest BCUT2D eigenvalue weighted by atomic mass is 35.5. The highest BCUT2D eigenvalue weighted by Gasteiger charge is 2.12. The first kappa shape index (κ1) is 13.2. The summed E-state index contributed by atoms with van der Waals surface area (Å²) >= 11 is 5.69. The van der Waals surface area contributed by atoms with Gasteiger partial charge in [-0.2, -0.15) is 0 Å². The van der Waals surface area contributed by atoms with Gasteiger partial charge in [0.25, 0.3) is 5.70 Å². The Kier molecular flexibility index (Phi) is 4.66. The number of carbonyl (C=O) groups excluding carboxylic acids is 1. The molecule has 1 aromatic carbocycles. The summed E-state index contributed by atoms with van der Waals surface area (Å²) in [7, 11) is 0. The van der Waals surface area contributed by atoms with Crippen LogP contribution in [0, 0.1) is 10.1 Å². The molecule has 0 N–H and O–H groups in total. The van der Waals surface area contributed by atoms with Crippen molar-refractivity contribution >= 4 is 23.6 Å². The van der Waals surface area contributed by atoms with Gasteiger partial charge in [0.1, 0.15) is 0 Å². The lowest BCUT2D eigenvalue weighted by atomic mass is 10.2. The number of nitro groups is 1. The summed E-state index contributed by atoms with van der Waals surface area (Å²) in [5, 5.41) is 11.2. The van der Waals surface area contributed by atoms with Gasteiger partial charge in [-0.3, -0.25) is 14.9 Å². The van der Waals surface area contributed by atoms with Crippen LogP contribution in [0.15, 0.2) is 30.0 Å². The molecule has 0 spiro atoms. The van der Waals surface area contributed by atoms with Crippen molar-refractivity contribution in [3.63, 3.8) is 0 Å². The molecule has 0 heterocycles. The summed E-state index contributed by atoms with van der Waals surface area (Å²) in [6, 6.07) is 6.52. The Hall–Kier alpha value is -1.88. The standard InChI is InChI=1S/C11H10ClNO4/c1-8(14)17-7-11(13(15)16)6-9-2-4-10(12)5-3-9/h2-6H,7H2,1H3/b11-6-. The molecular weight excluding hydrogens is 246 g/mol. The molecule has 0 saturated heterocycles. The normalized spacial score (nSPS) is 11.1. The van der Waals surface area contributed by atoms with Crippen molar-refractivity contribution in [1.29, 1.82) is 0 Å². The number of nitrogens with zero attached hydrogens (tertiary/aromatic N) is 1. The Morgan fingerprint density at radius 2 is 2.06 bits per heavy atom. The summed E-state index contributed by atoms with van der Waals surface area (Å²) in [5.74, 6) is -0.561. The first-order valence-electron chi connectivity index (χ1n) is 4.73. The van der Waals surface area contributed by atoms with Gasteiger partial charge in [0.05, 0.1) is 4.92 Å². The van der Waals surface area contributed by atoms with Crippen LogP contribution in [0.25, 0.3) is 6.08 Å². The van der Waals surface area contributed by atoms with Crippen LogP contribution < -0.4 is 0 Å². The number of ether oxygens (including phenoxy) is 1. The zero-order valence-electron chi connectivity index (χ0n) is 9.05. The molecule has 0 aliphatic rings. The second-order valence-corrected chi connectivity index (χ2v) is 3.66. The van der Waals surface area contributed by atoms with Gasteiger partial charge in [-0.05, 0) is 17.7 Å². The summed E-state index contributed by atoms with van der Waals surface area (Å²) in [4.78, 5) is 20.7. The predicted molar refractivity (Wildman–Crippen MR) is 63.1 cm³/mol. The molecule has 0 radical (unpaired) electrons. The summed E-state index contributed by atoms with van der Waals surface area (Å²) < 4.78 is 4.59. The van der Waals surface area contributed by atoms with Gasteiger partial charge in [0, 0.05) is 18.0 Å². The van der Waals surface area contributed by atoms with E-state index in [-0.39, 0.29) is 12.3 Å². The topological polar surface area (TPSA) is 69.4 Å². The van der Waals surface area contributed by atoms with Crippen LogP contribution in [0.5, 0.6) is 0 Å².